The lowest BCUT2D eigenvalue weighted by molar-refractivity contribution is -0.00901. The zero-order chi connectivity index (χ0) is 12.3. The topological polar surface area (TPSA) is 24.5 Å². The number of nitrogens with one attached hydrogen (secondary N) is 1. The van der Waals surface area contributed by atoms with Crippen LogP contribution in [0.25, 0.3) is 0 Å². The molecule has 1 saturated carbocycles. The normalized spacial score (nSPS) is 31.8. The van der Waals surface area contributed by atoms with Gasteiger partial charge in [-0.3, -0.25) is 4.90 Å². The van der Waals surface area contributed by atoms with E-state index in [1.165, 1.54) is 19.3 Å². The summed E-state index contributed by atoms with van der Waals surface area (Å²) in [6, 6.07) is 1.90. The van der Waals surface area contributed by atoms with E-state index in [9.17, 15) is 0 Å². The van der Waals surface area contributed by atoms with Crippen molar-refractivity contribution in [2.75, 3.05) is 26.8 Å². The Hall–Kier alpha value is -0.120. The van der Waals surface area contributed by atoms with Crippen molar-refractivity contribution >= 4 is 0 Å². The summed E-state index contributed by atoms with van der Waals surface area (Å²) in [5.41, 5.74) is 0. The Morgan fingerprint density at radius 2 is 2.12 bits per heavy atom. The maximum absolute atomic E-state index is 5.68. The van der Waals surface area contributed by atoms with Crippen LogP contribution < -0.4 is 5.32 Å². The van der Waals surface area contributed by atoms with E-state index in [-0.39, 0.29) is 0 Å². The maximum Gasteiger partial charge on any atom is 0.0637 e. The molecule has 2 rings (SSSR count). The van der Waals surface area contributed by atoms with Gasteiger partial charge in [-0.25, -0.2) is 0 Å². The molecule has 2 fully saturated rings. The third-order valence-corrected chi connectivity index (χ3v) is 4.45. The van der Waals surface area contributed by atoms with Gasteiger partial charge in [0.15, 0.2) is 0 Å². The van der Waals surface area contributed by atoms with Crippen LogP contribution in [0.3, 0.4) is 0 Å². The van der Waals surface area contributed by atoms with Crippen molar-refractivity contribution in [1.82, 2.24) is 10.2 Å². The predicted molar refractivity (Wildman–Crippen MR) is 71.3 cm³/mol. The van der Waals surface area contributed by atoms with E-state index >= 15 is 0 Å². The summed E-state index contributed by atoms with van der Waals surface area (Å²) in [6.07, 6.45) is 5.22. The van der Waals surface area contributed by atoms with Crippen LogP contribution >= 0.6 is 0 Å². The zero-order valence-electron chi connectivity index (χ0n) is 11.6. The van der Waals surface area contributed by atoms with Gasteiger partial charge in [-0.05, 0) is 52.1 Å². The van der Waals surface area contributed by atoms with Gasteiger partial charge in [-0.1, -0.05) is 6.92 Å². The van der Waals surface area contributed by atoms with Crippen molar-refractivity contribution in [3.8, 4) is 0 Å². The van der Waals surface area contributed by atoms with Gasteiger partial charge in [0, 0.05) is 24.7 Å². The molecule has 3 heteroatoms. The molecule has 0 amide bonds. The first-order chi connectivity index (χ1) is 8.24. The molecule has 100 valence electrons. The Morgan fingerprint density at radius 3 is 2.76 bits per heavy atom. The smallest absolute Gasteiger partial charge is 0.0637 e. The van der Waals surface area contributed by atoms with Crippen LogP contribution in [0.1, 0.15) is 39.5 Å². The van der Waals surface area contributed by atoms with Crippen molar-refractivity contribution < 1.29 is 4.74 Å². The molecule has 0 spiro atoms. The number of ether oxygens (including phenoxy) is 1. The third kappa shape index (κ3) is 3.43. The van der Waals surface area contributed by atoms with Gasteiger partial charge < -0.3 is 10.1 Å². The number of likely N-dealkylation sites (N-methyl/N-ethyl adjacent to an activating group) is 1. The van der Waals surface area contributed by atoms with Crippen LogP contribution in [0.2, 0.25) is 0 Å². The fraction of sp³-hybridized carbons (Fsp3) is 1.00. The first kappa shape index (κ1) is 13.3. The molecule has 0 bridgehead atoms. The van der Waals surface area contributed by atoms with Gasteiger partial charge in [0.2, 0.25) is 0 Å². The third-order valence-electron chi connectivity index (χ3n) is 4.45. The molecular formula is C14H28N2O. The minimum absolute atomic E-state index is 0.561. The summed E-state index contributed by atoms with van der Waals surface area (Å²) in [5.74, 6) is 0.939. The molecule has 0 aromatic carbocycles. The minimum atomic E-state index is 0.561. The second-order valence-electron chi connectivity index (χ2n) is 5.74. The average molecular weight is 240 g/mol. The Balaban J connectivity index is 1.89. The lowest BCUT2D eigenvalue weighted by Gasteiger charge is -2.41. The lowest BCUT2D eigenvalue weighted by atomic mass is 9.99. The Morgan fingerprint density at radius 1 is 1.35 bits per heavy atom. The van der Waals surface area contributed by atoms with E-state index in [1.54, 1.807) is 0 Å². The summed E-state index contributed by atoms with van der Waals surface area (Å²) in [6.45, 7) is 7.56. The summed E-state index contributed by atoms with van der Waals surface area (Å²) in [4.78, 5) is 2.56. The monoisotopic (exact) mass is 240 g/mol. The highest BCUT2D eigenvalue weighted by atomic mass is 16.5. The molecule has 3 nitrogen and oxygen atoms in total. The molecule has 1 saturated heterocycles. The fourth-order valence-electron chi connectivity index (χ4n) is 2.91. The van der Waals surface area contributed by atoms with E-state index in [0.717, 1.165) is 32.1 Å². The maximum atomic E-state index is 5.68. The number of hydrogen-bond acceptors (Lipinski definition) is 3. The van der Waals surface area contributed by atoms with Gasteiger partial charge in [0.05, 0.1) is 6.61 Å². The van der Waals surface area contributed by atoms with Gasteiger partial charge in [0.25, 0.3) is 0 Å². The summed E-state index contributed by atoms with van der Waals surface area (Å²) in [5, 5.41) is 3.69. The van der Waals surface area contributed by atoms with Crippen LogP contribution in [-0.4, -0.2) is 49.8 Å². The molecule has 0 radical (unpaired) electrons. The highest BCUT2D eigenvalue weighted by Crippen LogP contribution is 2.35. The van der Waals surface area contributed by atoms with Gasteiger partial charge in [0.1, 0.15) is 0 Å². The molecule has 1 aliphatic heterocycles. The second kappa shape index (κ2) is 6.17. The number of nitrogens with zero attached hydrogens (tertiary/aromatic N) is 1. The highest BCUT2D eigenvalue weighted by molar-refractivity contribution is 4.92. The van der Waals surface area contributed by atoms with Crippen molar-refractivity contribution in [2.45, 2.75) is 57.7 Å². The van der Waals surface area contributed by atoms with Gasteiger partial charge in [-0.2, -0.15) is 0 Å². The number of rotatable bonds is 6. The van der Waals surface area contributed by atoms with E-state index in [0.29, 0.717) is 18.1 Å². The van der Waals surface area contributed by atoms with Crippen LogP contribution in [-0.2, 0) is 4.74 Å². The van der Waals surface area contributed by atoms with Crippen LogP contribution in [0, 0.1) is 5.92 Å². The van der Waals surface area contributed by atoms with Crippen molar-refractivity contribution in [3.63, 3.8) is 0 Å². The molecule has 1 aliphatic carbocycles. The molecule has 3 unspecified atom stereocenters. The van der Waals surface area contributed by atoms with Gasteiger partial charge >= 0.3 is 0 Å². The molecule has 1 N–H and O–H groups in total. The Bertz CT molecular complexity index is 230. The molecule has 2 aliphatic rings. The largest absolute Gasteiger partial charge is 0.380 e. The summed E-state index contributed by atoms with van der Waals surface area (Å²) in [7, 11) is 2.28. The molecule has 3 atom stereocenters. The highest BCUT2D eigenvalue weighted by Gasteiger charge is 2.36. The van der Waals surface area contributed by atoms with E-state index in [2.05, 4.69) is 31.1 Å². The van der Waals surface area contributed by atoms with Crippen LogP contribution in [0.4, 0.5) is 0 Å². The average Bonchev–Trinajstić information content (AvgIpc) is 3.19. The van der Waals surface area contributed by atoms with Gasteiger partial charge in [-0.15, -0.1) is 0 Å². The van der Waals surface area contributed by atoms with Crippen LogP contribution in [0.15, 0.2) is 0 Å². The predicted octanol–water partition coefficient (Wildman–Crippen LogP) is 1.87. The van der Waals surface area contributed by atoms with Crippen molar-refractivity contribution in [3.05, 3.63) is 0 Å². The molecular weight excluding hydrogens is 212 g/mol. The van der Waals surface area contributed by atoms with Crippen LogP contribution in [0.5, 0.6) is 0 Å². The summed E-state index contributed by atoms with van der Waals surface area (Å²) < 4.78 is 5.68. The second-order valence-corrected chi connectivity index (χ2v) is 5.74. The van der Waals surface area contributed by atoms with E-state index < -0.39 is 0 Å². The fourth-order valence-corrected chi connectivity index (χ4v) is 2.91. The van der Waals surface area contributed by atoms with Crippen molar-refractivity contribution in [2.24, 2.45) is 5.92 Å². The quantitative estimate of drug-likeness (QED) is 0.767. The SMILES string of the molecule is CCCNC1CCOCC1N(C)C(C)C1CC1. The lowest BCUT2D eigenvalue weighted by Crippen LogP contribution is -2.56. The first-order valence-electron chi connectivity index (χ1n) is 7.27. The molecule has 17 heavy (non-hydrogen) atoms. The zero-order valence-corrected chi connectivity index (χ0v) is 11.6. The molecule has 0 aromatic heterocycles. The Labute approximate surface area is 106 Å². The summed E-state index contributed by atoms with van der Waals surface area (Å²) >= 11 is 0. The minimum Gasteiger partial charge on any atom is -0.380 e. The van der Waals surface area contributed by atoms with Crippen molar-refractivity contribution in [1.29, 1.82) is 0 Å². The number of hydrogen-bond donors (Lipinski definition) is 1. The molecule has 1 heterocycles. The van der Waals surface area contributed by atoms with E-state index in [4.69, 9.17) is 4.74 Å². The first-order valence-corrected chi connectivity index (χ1v) is 7.27. The van der Waals surface area contributed by atoms with E-state index in [1.807, 2.05) is 0 Å². The standard InChI is InChI=1S/C14H28N2O/c1-4-8-15-13-7-9-17-10-14(13)16(3)11(2)12-5-6-12/h11-15H,4-10H2,1-3H3. The molecule has 0 aromatic rings. The Kier molecular flexibility index (Phi) is 4.83.